The minimum absolute atomic E-state index is 0.192. The Hall–Kier alpha value is -3.19. The van der Waals surface area contributed by atoms with Crippen LogP contribution in [0.2, 0.25) is 5.02 Å². The average Bonchev–Trinajstić information content (AvgIpc) is 3.46. The van der Waals surface area contributed by atoms with E-state index < -0.39 is 0 Å². The summed E-state index contributed by atoms with van der Waals surface area (Å²) in [7, 11) is 0. The molecule has 2 aromatic heterocycles. The number of hydrogen-bond donors (Lipinski definition) is 1. The summed E-state index contributed by atoms with van der Waals surface area (Å²) < 4.78 is 6.47. The molecule has 0 atom stereocenters. The largest absolute Gasteiger partial charge is 0.441 e. The highest BCUT2D eigenvalue weighted by atomic mass is 35.5. The molecule has 0 aliphatic heterocycles. The number of nitrogens with zero attached hydrogens (tertiary/aromatic N) is 4. The van der Waals surface area contributed by atoms with E-state index in [2.05, 4.69) is 26.6 Å². The van der Waals surface area contributed by atoms with Crippen LogP contribution in [-0.2, 0) is 17.0 Å². The summed E-state index contributed by atoms with van der Waals surface area (Å²) in [5, 5.41) is 20.8. The van der Waals surface area contributed by atoms with Gasteiger partial charge >= 0.3 is 0 Å². The number of rotatable bonds is 8. The van der Waals surface area contributed by atoms with Crippen LogP contribution in [0, 0.1) is 11.3 Å². The Morgan fingerprint density at radius 2 is 2.00 bits per heavy atom. The van der Waals surface area contributed by atoms with E-state index in [0.717, 1.165) is 15.5 Å². The third-order valence-corrected chi connectivity index (χ3v) is 6.73. The maximum Gasteiger partial charge on any atom is 0.226 e. The zero-order valence-electron chi connectivity index (χ0n) is 16.6. The van der Waals surface area contributed by atoms with E-state index in [4.69, 9.17) is 21.3 Å². The van der Waals surface area contributed by atoms with Gasteiger partial charge in [-0.15, -0.1) is 10.2 Å². The molecule has 0 saturated heterocycles. The van der Waals surface area contributed by atoms with E-state index >= 15 is 0 Å². The van der Waals surface area contributed by atoms with Crippen molar-refractivity contribution in [1.29, 1.82) is 5.26 Å². The number of aromatic nitrogens is 3. The molecular formula is C22H16ClN5O2S2. The summed E-state index contributed by atoms with van der Waals surface area (Å²) in [6.45, 7) is 0. The monoisotopic (exact) mass is 481 g/mol. The zero-order chi connectivity index (χ0) is 22.3. The van der Waals surface area contributed by atoms with E-state index in [-0.39, 0.29) is 12.3 Å². The number of hydrogen-bond acceptors (Lipinski definition) is 8. The van der Waals surface area contributed by atoms with Gasteiger partial charge in [0, 0.05) is 24.2 Å². The van der Waals surface area contributed by atoms with Crippen molar-refractivity contribution in [2.45, 2.75) is 22.9 Å². The number of nitriles is 1. The molecule has 2 aromatic carbocycles. The van der Waals surface area contributed by atoms with Crippen LogP contribution in [0.1, 0.15) is 23.4 Å². The number of carbonyl (C=O) groups is 1. The van der Waals surface area contributed by atoms with E-state index in [1.165, 1.54) is 23.1 Å². The zero-order valence-corrected chi connectivity index (χ0v) is 19.0. The highest BCUT2D eigenvalue weighted by Crippen LogP contribution is 2.29. The first-order chi connectivity index (χ1) is 15.6. The van der Waals surface area contributed by atoms with Gasteiger partial charge in [0.15, 0.2) is 16.0 Å². The molecule has 10 heteroatoms. The normalized spacial score (nSPS) is 10.6. The van der Waals surface area contributed by atoms with E-state index in [1.54, 1.807) is 24.4 Å². The topological polar surface area (TPSA) is 105 Å². The second-order valence-corrected chi connectivity index (χ2v) is 9.22. The number of halogens is 1. The molecule has 0 radical (unpaired) electrons. The molecule has 0 spiro atoms. The van der Waals surface area contributed by atoms with Crippen LogP contribution < -0.4 is 5.32 Å². The van der Waals surface area contributed by atoms with Gasteiger partial charge in [-0.1, -0.05) is 59.0 Å². The first kappa shape index (κ1) is 22.0. The number of nitrogens with one attached hydrogen (secondary N) is 1. The van der Waals surface area contributed by atoms with Crippen molar-refractivity contribution in [2.24, 2.45) is 0 Å². The highest BCUT2D eigenvalue weighted by Gasteiger charge is 2.13. The quantitative estimate of drug-likeness (QED) is 0.258. The standard InChI is InChI=1S/C22H16ClN5O2S2/c23-17-4-2-1-3-16(17)18-12-25-20(30-18)10-9-19(29)26-21-27-28-22(32-21)31-13-15-7-5-14(11-24)6-8-15/h1-8,12H,9-10,13H2,(H,26,27,29). The third-order valence-electron chi connectivity index (χ3n) is 4.36. The summed E-state index contributed by atoms with van der Waals surface area (Å²) in [4.78, 5) is 16.5. The van der Waals surface area contributed by atoms with Crippen molar-refractivity contribution in [3.8, 4) is 17.4 Å². The smallest absolute Gasteiger partial charge is 0.226 e. The van der Waals surface area contributed by atoms with Crippen molar-refractivity contribution >= 4 is 45.7 Å². The fourth-order valence-corrected chi connectivity index (χ4v) is 4.71. The lowest BCUT2D eigenvalue weighted by atomic mass is 10.2. The summed E-state index contributed by atoms with van der Waals surface area (Å²) in [6.07, 6.45) is 2.17. The Labute approximate surface area is 197 Å². The lowest BCUT2D eigenvalue weighted by Crippen LogP contribution is -2.12. The van der Waals surface area contributed by atoms with E-state index in [0.29, 0.717) is 39.5 Å². The summed E-state index contributed by atoms with van der Waals surface area (Å²) in [5.41, 5.74) is 2.47. The molecule has 4 rings (SSSR count). The molecule has 0 saturated carbocycles. The first-order valence-electron chi connectivity index (χ1n) is 9.55. The molecule has 0 fully saturated rings. The molecule has 0 unspecified atom stereocenters. The van der Waals surface area contributed by atoms with Crippen LogP contribution in [0.4, 0.5) is 5.13 Å². The summed E-state index contributed by atoms with van der Waals surface area (Å²) in [5.74, 6) is 1.54. The van der Waals surface area contributed by atoms with Crippen LogP contribution in [0.3, 0.4) is 0 Å². The molecule has 0 aliphatic carbocycles. The number of carbonyl (C=O) groups excluding carboxylic acids is 1. The van der Waals surface area contributed by atoms with E-state index in [1.807, 2.05) is 30.3 Å². The van der Waals surface area contributed by atoms with Crippen molar-refractivity contribution in [3.63, 3.8) is 0 Å². The Balaban J connectivity index is 1.25. The van der Waals surface area contributed by atoms with Crippen molar-refractivity contribution < 1.29 is 9.21 Å². The maximum atomic E-state index is 12.3. The summed E-state index contributed by atoms with van der Waals surface area (Å²) >= 11 is 9.02. The number of thioether (sulfide) groups is 1. The Kier molecular flexibility index (Phi) is 7.17. The number of benzene rings is 2. The number of amides is 1. The number of oxazole rings is 1. The molecule has 0 bridgehead atoms. The average molecular weight is 482 g/mol. The Morgan fingerprint density at radius 1 is 1.19 bits per heavy atom. The predicted octanol–water partition coefficient (Wildman–Crippen LogP) is 5.58. The first-order valence-corrected chi connectivity index (χ1v) is 11.7. The molecule has 160 valence electrons. The van der Waals surface area contributed by atoms with Crippen LogP contribution in [0.25, 0.3) is 11.3 Å². The Morgan fingerprint density at radius 3 is 2.78 bits per heavy atom. The second kappa shape index (κ2) is 10.4. The van der Waals surface area contributed by atoms with Crippen LogP contribution >= 0.6 is 34.7 Å². The molecule has 1 N–H and O–H groups in total. The van der Waals surface area contributed by atoms with Gasteiger partial charge in [-0.3, -0.25) is 4.79 Å². The molecule has 1 amide bonds. The van der Waals surface area contributed by atoms with Crippen molar-refractivity contribution in [1.82, 2.24) is 15.2 Å². The van der Waals surface area contributed by atoms with Crippen molar-refractivity contribution in [2.75, 3.05) is 5.32 Å². The number of anilines is 1. The van der Waals surface area contributed by atoms with Gasteiger partial charge in [-0.25, -0.2) is 4.98 Å². The minimum Gasteiger partial charge on any atom is -0.441 e. The van der Waals surface area contributed by atoms with Gasteiger partial charge in [0.1, 0.15) is 0 Å². The summed E-state index contributed by atoms with van der Waals surface area (Å²) in [6, 6.07) is 16.8. The van der Waals surface area contributed by atoms with Gasteiger partial charge in [0.2, 0.25) is 11.0 Å². The fraction of sp³-hybridized carbons (Fsp3) is 0.136. The van der Waals surface area contributed by atoms with Crippen LogP contribution in [0.5, 0.6) is 0 Å². The lowest BCUT2D eigenvalue weighted by molar-refractivity contribution is -0.116. The van der Waals surface area contributed by atoms with Gasteiger partial charge in [-0.2, -0.15) is 5.26 Å². The molecule has 7 nitrogen and oxygen atoms in total. The molecule has 32 heavy (non-hydrogen) atoms. The second-order valence-electron chi connectivity index (χ2n) is 6.62. The SMILES string of the molecule is N#Cc1ccc(CSc2nnc(NC(=O)CCc3ncc(-c4ccccc4Cl)o3)s2)cc1. The van der Waals surface area contributed by atoms with Crippen LogP contribution in [-0.4, -0.2) is 21.1 Å². The third kappa shape index (κ3) is 5.73. The number of aryl methyl sites for hydroxylation is 1. The molecular weight excluding hydrogens is 466 g/mol. The fourth-order valence-electron chi connectivity index (χ4n) is 2.75. The molecule has 0 aliphatic rings. The molecule has 2 heterocycles. The van der Waals surface area contributed by atoms with Gasteiger partial charge in [0.25, 0.3) is 0 Å². The minimum atomic E-state index is -0.192. The van der Waals surface area contributed by atoms with Gasteiger partial charge < -0.3 is 9.73 Å². The van der Waals surface area contributed by atoms with Gasteiger partial charge in [-0.05, 0) is 29.8 Å². The lowest BCUT2D eigenvalue weighted by Gasteiger charge is -2.00. The maximum absolute atomic E-state index is 12.3. The Bertz CT molecular complexity index is 1260. The molecule has 4 aromatic rings. The highest BCUT2D eigenvalue weighted by molar-refractivity contribution is 8.00. The predicted molar refractivity (Wildman–Crippen MR) is 125 cm³/mol. The van der Waals surface area contributed by atoms with Crippen molar-refractivity contribution in [3.05, 3.63) is 76.8 Å². The van der Waals surface area contributed by atoms with Crippen LogP contribution in [0.15, 0.2) is 63.5 Å². The van der Waals surface area contributed by atoms with Gasteiger partial charge in [0.05, 0.1) is 22.9 Å². The van der Waals surface area contributed by atoms with E-state index in [9.17, 15) is 4.79 Å².